The summed E-state index contributed by atoms with van der Waals surface area (Å²) in [6.07, 6.45) is 8.66. The summed E-state index contributed by atoms with van der Waals surface area (Å²) in [5, 5.41) is 0.880. The molecule has 0 saturated carbocycles. The molecule has 1 aliphatic rings. The van der Waals surface area contributed by atoms with Gasteiger partial charge in [0.15, 0.2) is 5.82 Å². The quantitative estimate of drug-likeness (QED) is 0.567. The van der Waals surface area contributed by atoms with Gasteiger partial charge in [-0.2, -0.15) is 0 Å². The van der Waals surface area contributed by atoms with Crippen molar-refractivity contribution in [2.24, 2.45) is 4.99 Å². The Morgan fingerprint density at radius 3 is 2.24 bits per heavy atom. The van der Waals surface area contributed by atoms with E-state index in [4.69, 9.17) is 5.73 Å². The predicted octanol–water partition coefficient (Wildman–Crippen LogP) is 5.91. The number of aliphatic imine (C=N–C) groups is 1. The lowest BCUT2D eigenvalue weighted by atomic mass is 10.1. The van der Waals surface area contributed by atoms with Gasteiger partial charge in [0.25, 0.3) is 0 Å². The fourth-order valence-electron chi connectivity index (χ4n) is 3.31. The van der Waals surface area contributed by atoms with E-state index in [9.17, 15) is 0 Å². The molecule has 0 bridgehead atoms. The van der Waals surface area contributed by atoms with Crippen LogP contribution >= 0.6 is 0 Å². The molecule has 1 aromatic heterocycles. The molecule has 0 radical (unpaired) electrons. The molecule has 2 aromatic carbocycles. The Morgan fingerprint density at radius 1 is 1.00 bits per heavy atom. The van der Waals surface area contributed by atoms with Crippen LogP contribution in [0.25, 0.3) is 16.5 Å². The third kappa shape index (κ3) is 5.98. The molecule has 152 valence electrons. The molecule has 3 aromatic rings. The number of anilines is 1. The molecular weight excluding hydrogens is 356 g/mol. The van der Waals surface area contributed by atoms with Crippen molar-refractivity contribution >= 4 is 28.5 Å². The van der Waals surface area contributed by atoms with Crippen LogP contribution in [0.15, 0.2) is 59.6 Å². The Balaban J connectivity index is 0.000000226. The van der Waals surface area contributed by atoms with Gasteiger partial charge >= 0.3 is 0 Å². The van der Waals surface area contributed by atoms with Crippen LogP contribution in [0, 0.1) is 0 Å². The monoisotopic (exact) mass is 388 g/mol. The zero-order valence-electron chi connectivity index (χ0n) is 18.0. The van der Waals surface area contributed by atoms with Crippen LogP contribution < -0.4 is 5.73 Å². The highest BCUT2D eigenvalue weighted by molar-refractivity contribution is 6.09. The van der Waals surface area contributed by atoms with Gasteiger partial charge < -0.3 is 5.73 Å². The molecule has 0 fully saturated rings. The molecular formula is C25H32N4. The number of aromatic nitrogens is 2. The number of aryl methyl sites for hydroxylation is 2. The SMILES string of the molecule is CC.CC/C=C(\C=NC)c1nc(N)c2ccccc2n1.c1ccc2c(c1)CCC2. The van der Waals surface area contributed by atoms with Crippen molar-refractivity contribution in [3.8, 4) is 0 Å². The van der Waals surface area contributed by atoms with Crippen molar-refractivity contribution in [3.05, 3.63) is 71.6 Å². The van der Waals surface area contributed by atoms with E-state index >= 15 is 0 Å². The largest absolute Gasteiger partial charge is 0.383 e. The number of rotatable bonds is 3. The van der Waals surface area contributed by atoms with Gasteiger partial charge in [0, 0.05) is 24.2 Å². The lowest BCUT2D eigenvalue weighted by Gasteiger charge is -2.05. The fraction of sp³-hybridized carbons (Fsp3) is 0.320. The van der Waals surface area contributed by atoms with E-state index in [1.807, 2.05) is 44.2 Å². The molecule has 4 nitrogen and oxygen atoms in total. The minimum Gasteiger partial charge on any atom is -0.383 e. The van der Waals surface area contributed by atoms with Crippen LogP contribution in [0.5, 0.6) is 0 Å². The maximum Gasteiger partial charge on any atom is 0.163 e. The van der Waals surface area contributed by atoms with Crippen molar-refractivity contribution in [1.82, 2.24) is 9.97 Å². The Bertz CT molecular complexity index is 950. The van der Waals surface area contributed by atoms with Crippen molar-refractivity contribution in [3.63, 3.8) is 0 Å². The second-order valence-corrected chi connectivity index (χ2v) is 6.53. The van der Waals surface area contributed by atoms with Gasteiger partial charge in [-0.15, -0.1) is 0 Å². The summed E-state index contributed by atoms with van der Waals surface area (Å²) >= 11 is 0. The summed E-state index contributed by atoms with van der Waals surface area (Å²) in [6.45, 7) is 6.06. The number of para-hydroxylation sites is 1. The molecule has 0 saturated heterocycles. The molecule has 1 aliphatic carbocycles. The number of hydrogen-bond donors (Lipinski definition) is 1. The number of allylic oxidation sites excluding steroid dienone is 2. The standard InChI is InChI=1S/C14H16N4.C9H10.C2H6/c1-3-6-10(9-16-2)14-17-12-8-5-4-7-11(12)13(15)18-14;1-2-5-9-7-3-6-8(9)4-1;1-2/h4-9H,3H2,1-2H3,(H2,15,17,18);1-2,4-5H,3,6-7H2;1-2H3/b10-6+,16-9?;;. The van der Waals surface area contributed by atoms with Gasteiger partial charge in [-0.3, -0.25) is 4.99 Å². The second-order valence-electron chi connectivity index (χ2n) is 6.53. The van der Waals surface area contributed by atoms with Gasteiger partial charge in [0.1, 0.15) is 5.82 Å². The third-order valence-corrected chi connectivity index (χ3v) is 4.59. The van der Waals surface area contributed by atoms with Gasteiger partial charge in [0.05, 0.1) is 5.52 Å². The van der Waals surface area contributed by atoms with Crippen LogP contribution in [-0.2, 0) is 12.8 Å². The normalized spacial score (nSPS) is 12.8. The molecule has 1 heterocycles. The summed E-state index contributed by atoms with van der Waals surface area (Å²) < 4.78 is 0. The lowest BCUT2D eigenvalue weighted by Crippen LogP contribution is -2.01. The van der Waals surface area contributed by atoms with E-state index in [1.165, 1.54) is 19.3 Å². The van der Waals surface area contributed by atoms with Gasteiger partial charge in [-0.25, -0.2) is 9.97 Å². The van der Waals surface area contributed by atoms with Crippen molar-refractivity contribution < 1.29 is 0 Å². The second kappa shape index (κ2) is 11.7. The first-order chi connectivity index (χ1) is 14.2. The van der Waals surface area contributed by atoms with Crippen molar-refractivity contribution in [2.45, 2.75) is 46.5 Å². The zero-order valence-corrected chi connectivity index (χ0v) is 18.0. The number of nitrogens with two attached hydrogens (primary N) is 1. The molecule has 4 heteroatoms. The summed E-state index contributed by atoms with van der Waals surface area (Å²) in [4.78, 5) is 12.9. The highest BCUT2D eigenvalue weighted by atomic mass is 14.9. The molecule has 0 unspecified atom stereocenters. The number of benzene rings is 2. The topological polar surface area (TPSA) is 64.2 Å². The van der Waals surface area contributed by atoms with Crippen LogP contribution in [-0.4, -0.2) is 23.2 Å². The molecule has 4 rings (SSSR count). The average Bonchev–Trinajstić information content (AvgIpc) is 3.24. The summed E-state index contributed by atoms with van der Waals surface area (Å²) in [7, 11) is 1.73. The number of hydrogen-bond acceptors (Lipinski definition) is 4. The first-order valence-electron chi connectivity index (χ1n) is 10.4. The van der Waals surface area contributed by atoms with E-state index in [2.05, 4.69) is 46.1 Å². The van der Waals surface area contributed by atoms with E-state index in [0.717, 1.165) is 22.9 Å². The van der Waals surface area contributed by atoms with Gasteiger partial charge in [-0.1, -0.05) is 63.2 Å². The molecule has 0 spiro atoms. The molecule has 0 atom stereocenters. The fourth-order valence-corrected chi connectivity index (χ4v) is 3.31. The zero-order chi connectivity index (χ0) is 21.1. The average molecular weight is 389 g/mol. The van der Waals surface area contributed by atoms with Crippen molar-refractivity contribution in [1.29, 1.82) is 0 Å². The van der Waals surface area contributed by atoms with E-state index < -0.39 is 0 Å². The minimum absolute atomic E-state index is 0.502. The summed E-state index contributed by atoms with van der Waals surface area (Å²) in [5.41, 5.74) is 10.9. The molecule has 2 N–H and O–H groups in total. The number of fused-ring (bicyclic) bond motifs is 2. The molecule has 0 aliphatic heterocycles. The van der Waals surface area contributed by atoms with Gasteiger partial charge in [-0.05, 0) is 48.9 Å². The van der Waals surface area contributed by atoms with Gasteiger partial charge in [0.2, 0.25) is 0 Å². The van der Waals surface area contributed by atoms with Crippen LogP contribution in [0.4, 0.5) is 5.82 Å². The predicted molar refractivity (Wildman–Crippen MR) is 126 cm³/mol. The maximum atomic E-state index is 5.96. The summed E-state index contributed by atoms with van der Waals surface area (Å²) in [5.74, 6) is 1.13. The molecule has 29 heavy (non-hydrogen) atoms. The maximum absolute atomic E-state index is 5.96. The van der Waals surface area contributed by atoms with Crippen LogP contribution in [0.1, 0.15) is 50.6 Å². The highest BCUT2D eigenvalue weighted by Gasteiger charge is 2.08. The van der Waals surface area contributed by atoms with Crippen molar-refractivity contribution in [2.75, 3.05) is 12.8 Å². The first-order valence-corrected chi connectivity index (χ1v) is 10.4. The summed E-state index contributed by atoms with van der Waals surface area (Å²) in [6, 6.07) is 16.5. The Hall–Kier alpha value is -3.01. The smallest absolute Gasteiger partial charge is 0.163 e. The first kappa shape index (κ1) is 22.3. The van der Waals surface area contributed by atoms with E-state index in [1.54, 1.807) is 24.4 Å². The van der Waals surface area contributed by atoms with Crippen LogP contribution in [0.2, 0.25) is 0 Å². The van der Waals surface area contributed by atoms with Crippen LogP contribution in [0.3, 0.4) is 0 Å². The number of nitrogens with zero attached hydrogens (tertiary/aromatic N) is 3. The number of nitrogen functional groups attached to an aromatic ring is 1. The highest BCUT2D eigenvalue weighted by Crippen LogP contribution is 2.21. The lowest BCUT2D eigenvalue weighted by molar-refractivity contribution is 0.912. The minimum atomic E-state index is 0.502. The van der Waals surface area contributed by atoms with E-state index in [0.29, 0.717) is 11.6 Å². The third-order valence-electron chi connectivity index (χ3n) is 4.59. The Morgan fingerprint density at radius 2 is 1.62 bits per heavy atom. The van der Waals surface area contributed by atoms with E-state index in [-0.39, 0.29) is 0 Å². The Kier molecular flexibility index (Phi) is 9.03. The molecule has 0 amide bonds. The Labute approximate surface area is 174 Å².